The SMILES string of the molecule is CC(C)C(CN)NC(=O)Oc1ccccc1. The van der Waals surface area contributed by atoms with Gasteiger partial charge in [0.1, 0.15) is 5.75 Å². The van der Waals surface area contributed by atoms with Gasteiger partial charge in [-0.05, 0) is 18.1 Å². The normalized spacial score (nSPS) is 12.2. The first-order chi connectivity index (χ1) is 7.63. The van der Waals surface area contributed by atoms with Crippen molar-refractivity contribution in [3.8, 4) is 5.75 Å². The minimum Gasteiger partial charge on any atom is -0.410 e. The van der Waals surface area contributed by atoms with Gasteiger partial charge in [-0.25, -0.2) is 4.79 Å². The fourth-order valence-electron chi connectivity index (χ4n) is 1.27. The van der Waals surface area contributed by atoms with E-state index in [4.69, 9.17) is 10.5 Å². The Bertz CT molecular complexity index is 325. The van der Waals surface area contributed by atoms with E-state index < -0.39 is 6.09 Å². The summed E-state index contributed by atoms with van der Waals surface area (Å²) in [5.41, 5.74) is 5.55. The van der Waals surface area contributed by atoms with E-state index in [1.165, 1.54) is 0 Å². The van der Waals surface area contributed by atoms with Crippen LogP contribution < -0.4 is 15.8 Å². The zero-order chi connectivity index (χ0) is 12.0. The van der Waals surface area contributed by atoms with Crippen LogP contribution in [0.4, 0.5) is 4.79 Å². The number of hydrogen-bond donors (Lipinski definition) is 2. The van der Waals surface area contributed by atoms with Crippen LogP contribution in [0.1, 0.15) is 13.8 Å². The van der Waals surface area contributed by atoms with Crippen molar-refractivity contribution in [2.45, 2.75) is 19.9 Å². The van der Waals surface area contributed by atoms with Crippen LogP contribution in [0.2, 0.25) is 0 Å². The number of carbonyl (C=O) groups is 1. The molecular formula is C12H18N2O2. The van der Waals surface area contributed by atoms with Crippen LogP contribution in [0.3, 0.4) is 0 Å². The van der Waals surface area contributed by atoms with Crippen LogP contribution >= 0.6 is 0 Å². The van der Waals surface area contributed by atoms with E-state index >= 15 is 0 Å². The molecule has 0 fully saturated rings. The highest BCUT2D eigenvalue weighted by molar-refractivity contribution is 5.70. The molecule has 0 aliphatic carbocycles. The predicted molar refractivity (Wildman–Crippen MR) is 63.3 cm³/mol. The molecule has 1 atom stereocenters. The second kappa shape index (κ2) is 6.12. The lowest BCUT2D eigenvalue weighted by Gasteiger charge is -2.19. The van der Waals surface area contributed by atoms with Crippen molar-refractivity contribution in [1.29, 1.82) is 0 Å². The number of hydrogen-bond acceptors (Lipinski definition) is 3. The third-order valence-electron chi connectivity index (χ3n) is 2.32. The van der Waals surface area contributed by atoms with E-state index in [1.807, 2.05) is 32.0 Å². The van der Waals surface area contributed by atoms with Gasteiger partial charge in [-0.15, -0.1) is 0 Å². The van der Waals surface area contributed by atoms with Crippen LogP contribution in [0.5, 0.6) is 5.75 Å². The number of amides is 1. The number of benzene rings is 1. The minimum atomic E-state index is -0.463. The standard InChI is InChI=1S/C12H18N2O2/c1-9(2)11(8-13)14-12(15)16-10-6-4-3-5-7-10/h3-7,9,11H,8,13H2,1-2H3,(H,14,15). The molecule has 0 bridgehead atoms. The third-order valence-corrected chi connectivity index (χ3v) is 2.32. The zero-order valence-corrected chi connectivity index (χ0v) is 9.64. The fraction of sp³-hybridized carbons (Fsp3) is 0.417. The molecule has 0 saturated heterocycles. The molecule has 1 rings (SSSR count). The first-order valence-electron chi connectivity index (χ1n) is 5.37. The van der Waals surface area contributed by atoms with Crippen molar-refractivity contribution in [1.82, 2.24) is 5.32 Å². The summed E-state index contributed by atoms with van der Waals surface area (Å²) < 4.78 is 5.09. The van der Waals surface area contributed by atoms with Gasteiger partial charge in [0.2, 0.25) is 0 Å². The van der Waals surface area contributed by atoms with E-state index in [1.54, 1.807) is 12.1 Å². The van der Waals surface area contributed by atoms with Crippen LogP contribution in [-0.2, 0) is 0 Å². The fourth-order valence-corrected chi connectivity index (χ4v) is 1.27. The molecule has 16 heavy (non-hydrogen) atoms. The summed E-state index contributed by atoms with van der Waals surface area (Å²) in [5.74, 6) is 0.813. The molecule has 0 radical (unpaired) electrons. The Morgan fingerprint density at radius 3 is 2.50 bits per heavy atom. The average Bonchev–Trinajstić information content (AvgIpc) is 2.27. The highest BCUT2D eigenvalue weighted by atomic mass is 16.6. The van der Waals surface area contributed by atoms with E-state index in [0.717, 1.165) is 0 Å². The number of carbonyl (C=O) groups excluding carboxylic acids is 1. The van der Waals surface area contributed by atoms with Gasteiger partial charge in [-0.2, -0.15) is 0 Å². The van der Waals surface area contributed by atoms with Gasteiger partial charge in [-0.3, -0.25) is 0 Å². The molecule has 1 amide bonds. The molecule has 0 aromatic heterocycles. The summed E-state index contributed by atoms with van der Waals surface area (Å²) in [6, 6.07) is 8.88. The first kappa shape index (κ1) is 12.5. The van der Waals surface area contributed by atoms with Gasteiger partial charge < -0.3 is 15.8 Å². The monoisotopic (exact) mass is 222 g/mol. The predicted octanol–water partition coefficient (Wildman–Crippen LogP) is 1.76. The van der Waals surface area contributed by atoms with Crippen molar-refractivity contribution >= 4 is 6.09 Å². The molecule has 0 spiro atoms. The molecule has 88 valence electrons. The zero-order valence-electron chi connectivity index (χ0n) is 9.64. The van der Waals surface area contributed by atoms with Crippen molar-refractivity contribution < 1.29 is 9.53 Å². The lowest BCUT2D eigenvalue weighted by Crippen LogP contribution is -2.44. The maximum Gasteiger partial charge on any atom is 0.412 e. The van der Waals surface area contributed by atoms with E-state index in [2.05, 4.69) is 5.32 Å². The Kier molecular flexibility index (Phi) is 4.79. The molecule has 0 heterocycles. The summed E-state index contributed by atoms with van der Waals surface area (Å²) >= 11 is 0. The van der Waals surface area contributed by atoms with Crippen LogP contribution in [0.15, 0.2) is 30.3 Å². The molecular weight excluding hydrogens is 204 g/mol. The Morgan fingerprint density at radius 1 is 1.38 bits per heavy atom. The molecule has 1 unspecified atom stereocenters. The summed E-state index contributed by atoms with van der Waals surface area (Å²) in [4.78, 5) is 11.5. The summed E-state index contributed by atoms with van der Waals surface area (Å²) in [6.07, 6.45) is -0.463. The van der Waals surface area contributed by atoms with Gasteiger partial charge >= 0.3 is 6.09 Å². The Labute approximate surface area is 95.8 Å². The number of rotatable bonds is 4. The number of ether oxygens (including phenoxy) is 1. The lowest BCUT2D eigenvalue weighted by molar-refractivity contribution is 0.192. The average molecular weight is 222 g/mol. The molecule has 0 aliphatic rings. The molecule has 1 aromatic carbocycles. The molecule has 3 N–H and O–H groups in total. The first-order valence-corrected chi connectivity index (χ1v) is 5.37. The minimum absolute atomic E-state index is 0.0591. The largest absolute Gasteiger partial charge is 0.412 e. The smallest absolute Gasteiger partial charge is 0.410 e. The highest BCUT2D eigenvalue weighted by Gasteiger charge is 2.15. The van der Waals surface area contributed by atoms with Crippen molar-refractivity contribution in [3.63, 3.8) is 0 Å². The number of nitrogens with one attached hydrogen (secondary N) is 1. The highest BCUT2D eigenvalue weighted by Crippen LogP contribution is 2.09. The van der Waals surface area contributed by atoms with Crippen molar-refractivity contribution in [2.75, 3.05) is 6.54 Å². The summed E-state index contributed by atoms with van der Waals surface area (Å²) in [6.45, 7) is 4.40. The topological polar surface area (TPSA) is 64.3 Å². The molecule has 1 aromatic rings. The molecule has 0 aliphatic heterocycles. The van der Waals surface area contributed by atoms with Crippen LogP contribution in [-0.4, -0.2) is 18.7 Å². The Hall–Kier alpha value is -1.55. The van der Waals surface area contributed by atoms with Gasteiger partial charge in [0.15, 0.2) is 0 Å². The Morgan fingerprint density at radius 2 is 2.00 bits per heavy atom. The van der Waals surface area contributed by atoms with Gasteiger partial charge in [-0.1, -0.05) is 32.0 Å². The van der Waals surface area contributed by atoms with Crippen LogP contribution in [0.25, 0.3) is 0 Å². The van der Waals surface area contributed by atoms with E-state index in [0.29, 0.717) is 12.3 Å². The van der Waals surface area contributed by atoms with Crippen LogP contribution in [0, 0.1) is 5.92 Å². The number of para-hydroxylation sites is 1. The van der Waals surface area contributed by atoms with Crippen molar-refractivity contribution in [2.24, 2.45) is 11.7 Å². The molecule has 0 saturated carbocycles. The van der Waals surface area contributed by atoms with Gasteiger partial charge in [0.05, 0.1) is 0 Å². The Balaban J connectivity index is 2.47. The summed E-state index contributed by atoms with van der Waals surface area (Å²) in [7, 11) is 0. The van der Waals surface area contributed by atoms with Gasteiger partial charge in [0, 0.05) is 12.6 Å². The van der Waals surface area contributed by atoms with E-state index in [-0.39, 0.29) is 12.0 Å². The second-order valence-corrected chi connectivity index (χ2v) is 3.93. The van der Waals surface area contributed by atoms with E-state index in [9.17, 15) is 4.79 Å². The van der Waals surface area contributed by atoms with Crippen molar-refractivity contribution in [3.05, 3.63) is 30.3 Å². The lowest BCUT2D eigenvalue weighted by atomic mass is 10.1. The summed E-state index contributed by atoms with van der Waals surface area (Å²) in [5, 5.41) is 2.73. The second-order valence-electron chi connectivity index (χ2n) is 3.93. The third kappa shape index (κ3) is 3.90. The quantitative estimate of drug-likeness (QED) is 0.815. The maximum absolute atomic E-state index is 11.5. The molecule has 4 heteroatoms. The van der Waals surface area contributed by atoms with Gasteiger partial charge in [0.25, 0.3) is 0 Å². The maximum atomic E-state index is 11.5. The number of nitrogens with two attached hydrogens (primary N) is 1. The molecule has 4 nitrogen and oxygen atoms in total.